The highest BCUT2D eigenvalue weighted by Crippen LogP contribution is 2.35. The number of sulfone groups is 1. The molecule has 1 heterocycles. The smallest absolute Gasteiger partial charge is 0.251 e. The maximum Gasteiger partial charge on any atom is 0.251 e. The van der Waals surface area contributed by atoms with Gasteiger partial charge in [-0.25, -0.2) is 8.42 Å². The number of aromatic nitrogens is 1. The normalized spacial score (nSPS) is 9.64. The highest BCUT2D eigenvalue weighted by Gasteiger charge is 2.18. The van der Waals surface area contributed by atoms with Gasteiger partial charge in [0.15, 0.2) is 9.84 Å². The number of aliphatic hydroxyl groups excluding tert-OH is 2. The average Bonchev–Trinajstić information content (AvgIpc) is 2.73. The molecule has 0 saturated carbocycles. The minimum atomic E-state index is -3.37. The van der Waals surface area contributed by atoms with Crippen molar-refractivity contribution in [1.82, 2.24) is 4.98 Å². The molecule has 0 aliphatic carbocycles. The average molecular weight is 574 g/mol. The topological polar surface area (TPSA) is 171 Å². The molecule has 198 valence electrons. The molecule has 0 saturated heterocycles. The summed E-state index contributed by atoms with van der Waals surface area (Å²) in [6.45, 7) is 2.12. The van der Waals surface area contributed by atoms with E-state index < -0.39 is 20.2 Å². The van der Waals surface area contributed by atoms with Crippen LogP contribution < -0.4 is 11.5 Å². The summed E-state index contributed by atoms with van der Waals surface area (Å²) in [6.07, 6.45) is 4.99. The number of aliphatic hydroxyl groups is 2. The summed E-state index contributed by atoms with van der Waals surface area (Å²) < 4.78 is 24.5. The Bertz CT molecular complexity index is 1220. The number of hydrogen-bond donors (Lipinski definition) is 4. The molecule has 2 aromatic carbocycles. The zero-order chi connectivity index (χ0) is 25.9. The van der Waals surface area contributed by atoms with E-state index in [0.717, 1.165) is 29.5 Å². The molecular weight excluding hydrogens is 542 g/mol. The number of nitrogens with two attached hydrogens (primary N) is 2. The van der Waals surface area contributed by atoms with E-state index in [2.05, 4.69) is 53.9 Å². The molecule has 0 aliphatic heterocycles. The van der Waals surface area contributed by atoms with Gasteiger partial charge in [0.05, 0.1) is 10.6 Å². The first kappa shape index (κ1) is 35.3. The number of halogens is 1. The van der Waals surface area contributed by atoms with Crippen LogP contribution in [-0.2, 0) is 16.3 Å². The van der Waals surface area contributed by atoms with E-state index in [0.29, 0.717) is 16.3 Å². The van der Waals surface area contributed by atoms with Crippen molar-refractivity contribution in [3.05, 3.63) is 71.4 Å². The molecule has 8 nitrogen and oxygen atoms in total. The minimum Gasteiger partial charge on any atom is -0.487 e. The molecule has 0 radical (unpaired) electrons. The van der Waals surface area contributed by atoms with Gasteiger partial charge in [-0.1, -0.05) is 62.7 Å². The predicted octanol–water partition coefficient (Wildman–Crippen LogP) is 4.81. The first-order valence-electron chi connectivity index (χ1n) is 9.87. The van der Waals surface area contributed by atoms with Gasteiger partial charge in [-0.15, -0.1) is 0 Å². The standard InChI is InChI=1S/C21H20ClNO2S.2CH3NOS.CH4.H2O/c1-3-6-15-13-19(16-9-11-17(22)12-10-16)21(23-14-15)18-7-4-5-8-20(18)26(2,24)25;2*2-1(3)4;;/h4-5,7-14H,3,6H2,1-2H3;2*(H3,2,3,4);1H4;1H2. The third kappa shape index (κ3) is 12.2. The van der Waals surface area contributed by atoms with Crippen LogP contribution in [0.3, 0.4) is 0 Å². The van der Waals surface area contributed by atoms with Gasteiger partial charge < -0.3 is 27.2 Å². The second-order valence-corrected chi connectivity index (χ2v) is 10.2. The van der Waals surface area contributed by atoms with Crippen LogP contribution in [0, 0.1) is 0 Å². The Morgan fingerprint density at radius 3 is 1.97 bits per heavy atom. The molecule has 0 unspecified atom stereocenters. The summed E-state index contributed by atoms with van der Waals surface area (Å²) in [5.74, 6) is 0. The summed E-state index contributed by atoms with van der Waals surface area (Å²) in [4.78, 5) is 4.93. The molecule has 0 atom stereocenters. The molecular formula is C24H32ClN3O5S3. The van der Waals surface area contributed by atoms with Crippen molar-refractivity contribution in [2.45, 2.75) is 32.1 Å². The molecule has 0 amide bonds. The lowest BCUT2D eigenvalue weighted by atomic mass is 9.97. The number of nitrogens with zero attached hydrogens (tertiary/aromatic N) is 1. The number of benzene rings is 2. The molecule has 3 rings (SSSR count). The lowest BCUT2D eigenvalue weighted by Gasteiger charge is -2.14. The summed E-state index contributed by atoms with van der Waals surface area (Å²) in [5.41, 5.74) is 13.1. The molecule has 8 N–H and O–H groups in total. The van der Waals surface area contributed by atoms with Crippen LogP contribution in [0.25, 0.3) is 22.4 Å². The minimum absolute atomic E-state index is 0. The Morgan fingerprint density at radius 1 is 1.00 bits per heavy atom. The third-order valence-electron chi connectivity index (χ3n) is 4.18. The molecule has 36 heavy (non-hydrogen) atoms. The molecule has 3 aromatic rings. The maximum atomic E-state index is 12.2. The van der Waals surface area contributed by atoms with E-state index >= 15 is 0 Å². The lowest BCUT2D eigenvalue weighted by Crippen LogP contribution is -2.03. The van der Waals surface area contributed by atoms with Gasteiger partial charge in [-0.2, -0.15) is 0 Å². The van der Waals surface area contributed by atoms with Crippen LogP contribution in [0.5, 0.6) is 0 Å². The van der Waals surface area contributed by atoms with Crippen molar-refractivity contribution in [1.29, 1.82) is 0 Å². The summed E-state index contributed by atoms with van der Waals surface area (Å²) in [5, 5.41) is 14.8. The zero-order valence-electron chi connectivity index (χ0n) is 19.1. The van der Waals surface area contributed by atoms with Crippen LogP contribution in [0.15, 0.2) is 65.7 Å². The first-order chi connectivity index (χ1) is 15.9. The molecule has 0 aliphatic rings. The quantitative estimate of drug-likeness (QED) is 0.312. The number of pyridine rings is 1. The van der Waals surface area contributed by atoms with Crippen molar-refractivity contribution < 1.29 is 24.1 Å². The Labute approximate surface area is 228 Å². The molecule has 0 spiro atoms. The maximum absolute atomic E-state index is 12.2. The zero-order valence-corrected chi connectivity index (χ0v) is 22.3. The number of aryl methyl sites for hydroxylation is 1. The second kappa shape index (κ2) is 16.8. The van der Waals surface area contributed by atoms with Crippen LogP contribution in [-0.4, -0.2) is 45.7 Å². The first-order valence-corrected chi connectivity index (χ1v) is 13.0. The lowest BCUT2D eigenvalue weighted by molar-refractivity contribution is 0.559. The van der Waals surface area contributed by atoms with E-state index in [4.69, 9.17) is 21.8 Å². The van der Waals surface area contributed by atoms with Crippen molar-refractivity contribution in [3.63, 3.8) is 0 Å². The second-order valence-electron chi connectivity index (χ2n) is 6.94. The van der Waals surface area contributed by atoms with E-state index in [9.17, 15) is 8.42 Å². The molecule has 12 heteroatoms. The van der Waals surface area contributed by atoms with Gasteiger partial charge >= 0.3 is 0 Å². The van der Waals surface area contributed by atoms with Gasteiger partial charge in [0.1, 0.15) is 0 Å². The van der Waals surface area contributed by atoms with E-state index in [-0.39, 0.29) is 17.8 Å². The predicted molar refractivity (Wildman–Crippen MR) is 156 cm³/mol. The molecule has 0 bridgehead atoms. The van der Waals surface area contributed by atoms with Gasteiger partial charge in [0.25, 0.3) is 10.3 Å². The van der Waals surface area contributed by atoms with Gasteiger partial charge in [-0.3, -0.25) is 4.98 Å². The van der Waals surface area contributed by atoms with E-state index in [1.54, 1.807) is 18.2 Å². The van der Waals surface area contributed by atoms with Crippen molar-refractivity contribution >= 4 is 56.2 Å². The van der Waals surface area contributed by atoms with Gasteiger partial charge in [0.2, 0.25) is 0 Å². The van der Waals surface area contributed by atoms with E-state index in [1.165, 1.54) is 6.26 Å². The van der Waals surface area contributed by atoms with Crippen LogP contribution >= 0.6 is 36.0 Å². The monoisotopic (exact) mass is 573 g/mol. The Morgan fingerprint density at radius 2 is 1.50 bits per heavy atom. The fraction of sp³-hybridized carbons (Fsp3) is 0.208. The Balaban J connectivity index is 0. The summed E-state index contributed by atoms with van der Waals surface area (Å²) in [6, 6.07) is 16.6. The molecule has 1 aromatic heterocycles. The highest BCUT2D eigenvalue weighted by molar-refractivity contribution is 7.90. The number of hydrogen-bond acceptors (Lipinski definition) is 5. The number of thiocarbonyl (C=S) groups is 2. The Hall–Kier alpha value is -2.83. The fourth-order valence-corrected chi connectivity index (χ4v) is 4.00. The largest absolute Gasteiger partial charge is 0.487 e. The molecule has 0 fully saturated rings. The van der Waals surface area contributed by atoms with E-state index in [1.807, 2.05) is 36.5 Å². The number of rotatable bonds is 5. The van der Waals surface area contributed by atoms with Crippen LogP contribution in [0.4, 0.5) is 0 Å². The third-order valence-corrected chi connectivity index (χ3v) is 5.59. The Kier molecular flexibility index (Phi) is 16.5. The highest BCUT2D eigenvalue weighted by atomic mass is 35.5. The van der Waals surface area contributed by atoms with Crippen molar-refractivity contribution in [3.8, 4) is 22.4 Å². The van der Waals surface area contributed by atoms with Crippen molar-refractivity contribution in [2.75, 3.05) is 6.26 Å². The SMILES string of the molecule is C.CCCc1cnc(-c2ccccc2S(C)(=O)=O)c(-c2ccc(Cl)cc2)c1.NC(O)=S.NC(O)=S.O. The summed E-state index contributed by atoms with van der Waals surface area (Å²) >= 11 is 13.8. The van der Waals surface area contributed by atoms with Crippen molar-refractivity contribution in [2.24, 2.45) is 11.5 Å². The fourth-order valence-electron chi connectivity index (χ4n) is 2.98. The van der Waals surface area contributed by atoms with Crippen LogP contribution in [0.2, 0.25) is 5.02 Å². The van der Waals surface area contributed by atoms with Gasteiger partial charge in [0, 0.05) is 28.6 Å². The summed E-state index contributed by atoms with van der Waals surface area (Å²) in [7, 11) is -3.37. The van der Waals surface area contributed by atoms with Gasteiger partial charge in [-0.05, 0) is 66.2 Å². The van der Waals surface area contributed by atoms with Crippen LogP contribution in [0.1, 0.15) is 26.3 Å².